The van der Waals surface area contributed by atoms with E-state index in [4.69, 9.17) is 4.74 Å². The molecule has 1 atom stereocenters. The Bertz CT molecular complexity index is 370. The highest BCUT2D eigenvalue weighted by Crippen LogP contribution is 2.30. The van der Waals surface area contributed by atoms with Crippen LogP contribution in [0.15, 0.2) is 30.3 Å². The van der Waals surface area contributed by atoms with Crippen LogP contribution < -0.4 is 5.32 Å². The van der Waals surface area contributed by atoms with Gasteiger partial charge in [0.1, 0.15) is 0 Å². The molecule has 1 unspecified atom stereocenters. The largest absolute Gasteiger partial charge is 0.381 e. The minimum atomic E-state index is 0.400. The van der Waals surface area contributed by atoms with Crippen LogP contribution >= 0.6 is 0 Å². The van der Waals surface area contributed by atoms with Gasteiger partial charge in [0.15, 0.2) is 0 Å². The van der Waals surface area contributed by atoms with Gasteiger partial charge in [0.05, 0.1) is 0 Å². The van der Waals surface area contributed by atoms with Crippen LogP contribution in [0.2, 0.25) is 0 Å². The Labute approximate surface area is 123 Å². The van der Waals surface area contributed by atoms with Gasteiger partial charge in [-0.3, -0.25) is 0 Å². The van der Waals surface area contributed by atoms with Gasteiger partial charge < -0.3 is 10.1 Å². The Morgan fingerprint density at radius 3 is 2.55 bits per heavy atom. The van der Waals surface area contributed by atoms with Gasteiger partial charge in [-0.25, -0.2) is 0 Å². The first kappa shape index (κ1) is 15.5. The van der Waals surface area contributed by atoms with Crippen LogP contribution in [0.25, 0.3) is 0 Å². The Morgan fingerprint density at radius 1 is 1.20 bits per heavy atom. The van der Waals surface area contributed by atoms with Crippen molar-refractivity contribution in [2.45, 2.75) is 52.0 Å². The predicted octanol–water partition coefficient (Wildman–Crippen LogP) is 4.32. The summed E-state index contributed by atoms with van der Waals surface area (Å²) in [5, 5.41) is 3.83. The molecule has 1 heterocycles. The predicted molar refractivity (Wildman–Crippen MR) is 84.9 cm³/mol. The maximum absolute atomic E-state index is 5.49. The molecule has 2 nitrogen and oxygen atoms in total. The fourth-order valence-corrected chi connectivity index (χ4v) is 2.89. The molecule has 112 valence electrons. The van der Waals surface area contributed by atoms with Crippen LogP contribution in [0.5, 0.6) is 0 Å². The van der Waals surface area contributed by atoms with Gasteiger partial charge in [0.25, 0.3) is 0 Å². The first-order valence-electron chi connectivity index (χ1n) is 8.09. The molecule has 2 rings (SSSR count). The van der Waals surface area contributed by atoms with Gasteiger partial charge in [-0.1, -0.05) is 57.0 Å². The average Bonchev–Trinajstić information content (AvgIpc) is 2.49. The van der Waals surface area contributed by atoms with Gasteiger partial charge >= 0.3 is 0 Å². The highest BCUT2D eigenvalue weighted by Gasteiger charge is 2.28. The summed E-state index contributed by atoms with van der Waals surface area (Å²) in [5.41, 5.74) is 1.83. The summed E-state index contributed by atoms with van der Waals surface area (Å²) in [7, 11) is 0. The summed E-state index contributed by atoms with van der Waals surface area (Å²) in [6.45, 7) is 7.60. The van der Waals surface area contributed by atoms with Crippen molar-refractivity contribution in [1.29, 1.82) is 0 Å². The minimum Gasteiger partial charge on any atom is -0.381 e. The lowest BCUT2D eigenvalue weighted by atomic mass is 9.82. The van der Waals surface area contributed by atoms with Gasteiger partial charge in [-0.2, -0.15) is 0 Å². The number of hydrogen-bond acceptors (Lipinski definition) is 2. The van der Waals surface area contributed by atoms with Crippen molar-refractivity contribution >= 4 is 0 Å². The van der Waals surface area contributed by atoms with E-state index in [2.05, 4.69) is 49.5 Å². The fourth-order valence-electron chi connectivity index (χ4n) is 2.89. The zero-order chi connectivity index (χ0) is 14.3. The zero-order valence-corrected chi connectivity index (χ0v) is 13.0. The average molecular weight is 275 g/mol. The van der Waals surface area contributed by atoms with Crippen molar-refractivity contribution in [2.24, 2.45) is 5.41 Å². The quantitative estimate of drug-likeness (QED) is 0.800. The van der Waals surface area contributed by atoms with Gasteiger partial charge in [-0.05, 0) is 30.2 Å². The molecule has 1 N–H and O–H groups in total. The van der Waals surface area contributed by atoms with E-state index in [1.54, 1.807) is 0 Å². The van der Waals surface area contributed by atoms with Crippen molar-refractivity contribution in [3.63, 3.8) is 0 Å². The zero-order valence-electron chi connectivity index (χ0n) is 13.0. The minimum absolute atomic E-state index is 0.400. The summed E-state index contributed by atoms with van der Waals surface area (Å²) in [6.07, 6.45) is 6.13. The lowest BCUT2D eigenvalue weighted by Gasteiger charge is -2.35. The molecule has 0 bridgehead atoms. The summed E-state index contributed by atoms with van der Waals surface area (Å²) < 4.78 is 5.49. The van der Waals surface area contributed by atoms with E-state index in [9.17, 15) is 0 Å². The number of ether oxygens (including phenoxy) is 1. The first-order chi connectivity index (χ1) is 9.73. The van der Waals surface area contributed by atoms with Crippen LogP contribution in [0.4, 0.5) is 0 Å². The molecule has 0 radical (unpaired) electrons. The van der Waals surface area contributed by atoms with E-state index < -0.39 is 0 Å². The molecular formula is C18H29NO. The molecule has 1 aliphatic rings. The summed E-state index contributed by atoms with van der Waals surface area (Å²) in [6, 6.07) is 11.4. The third kappa shape index (κ3) is 4.60. The van der Waals surface area contributed by atoms with E-state index in [-0.39, 0.29) is 0 Å². The molecule has 0 aliphatic carbocycles. The maximum atomic E-state index is 5.49. The molecular weight excluding hydrogens is 246 g/mol. The highest BCUT2D eigenvalue weighted by atomic mass is 16.5. The van der Waals surface area contributed by atoms with Gasteiger partial charge in [-0.15, -0.1) is 0 Å². The van der Waals surface area contributed by atoms with Gasteiger partial charge in [0.2, 0.25) is 0 Å². The SMILES string of the molecule is CCCCC(NCC1(C)CCOCC1)c1ccccc1. The molecule has 0 spiro atoms. The van der Waals surface area contributed by atoms with Crippen molar-refractivity contribution in [2.75, 3.05) is 19.8 Å². The van der Waals surface area contributed by atoms with E-state index in [0.29, 0.717) is 11.5 Å². The van der Waals surface area contributed by atoms with Crippen molar-refractivity contribution in [3.8, 4) is 0 Å². The Morgan fingerprint density at radius 2 is 1.90 bits per heavy atom. The molecule has 1 aromatic rings. The van der Waals surface area contributed by atoms with Crippen LogP contribution in [0, 0.1) is 5.41 Å². The highest BCUT2D eigenvalue weighted by molar-refractivity contribution is 5.18. The molecule has 1 fully saturated rings. The molecule has 2 heteroatoms. The van der Waals surface area contributed by atoms with Crippen molar-refractivity contribution in [1.82, 2.24) is 5.32 Å². The molecule has 1 aromatic carbocycles. The second kappa shape index (κ2) is 7.80. The standard InChI is InChI=1S/C18H29NO/c1-3-4-10-17(16-8-6-5-7-9-16)19-15-18(2)11-13-20-14-12-18/h5-9,17,19H,3-4,10-15H2,1-2H3. The Hall–Kier alpha value is -0.860. The Kier molecular flexibility index (Phi) is 6.06. The Balaban J connectivity index is 1.93. The monoisotopic (exact) mass is 275 g/mol. The number of hydrogen-bond donors (Lipinski definition) is 1. The van der Waals surface area contributed by atoms with E-state index in [0.717, 1.165) is 19.8 Å². The summed E-state index contributed by atoms with van der Waals surface area (Å²) >= 11 is 0. The summed E-state index contributed by atoms with van der Waals surface area (Å²) in [5.74, 6) is 0. The van der Waals surface area contributed by atoms with Crippen LogP contribution in [0.3, 0.4) is 0 Å². The second-order valence-electron chi connectivity index (χ2n) is 6.41. The lowest BCUT2D eigenvalue weighted by Crippen LogP contribution is -2.38. The van der Waals surface area contributed by atoms with E-state index in [1.165, 1.54) is 37.7 Å². The van der Waals surface area contributed by atoms with Crippen LogP contribution in [-0.4, -0.2) is 19.8 Å². The molecule has 0 aromatic heterocycles. The second-order valence-corrected chi connectivity index (χ2v) is 6.41. The molecule has 0 saturated carbocycles. The van der Waals surface area contributed by atoms with Crippen molar-refractivity contribution in [3.05, 3.63) is 35.9 Å². The lowest BCUT2D eigenvalue weighted by molar-refractivity contribution is 0.0227. The third-order valence-electron chi connectivity index (χ3n) is 4.52. The molecule has 1 saturated heterocycles. The molecule has 0 amide bonds. The number of benzene rings is 1. The number of nitrogens with one attached hydrogen (secondary N) is 1. The first-order valence-corrected chi connectivity index (χ1v) is 8.09. The van der Waals surface area contributed by atoms with Gasteiger partial charge in [0, 0.05) is 25.8 Å². The third-order valence-corrected chi connectivity index (χ3v) is 4.52. The summed E-state index contributed by atoms with van der Waals surface area (Å²) in [4.78, 5) is 0. The van der Waals surface area contributed by atoms with E-state index >= 15 is 0 Å². The normalized spacial score (nSPS) is 19.7. The topological polar surface area (TPSA) is 21.3 Å². The number of unbranched alkanes of at least 4 members (excludes halogenated alkanes) is 1. The smallest absolute Gasteiger partial charge is 0.0471 e. The molecule has 20 heavy (non-hydrogen) atoms. The number of rotatable bonds is 7. The maximum Gasteiger partial charge on any atom is 0.0471 e. The van der Waals surface area contributed by atoms with E-state index in [1.807, 2.05) is 0 Å². The molecule has 1 aliphatic heterocycles. The fraction of sp³-hybridized carbons (Fsp3) is 0.667. The van der Waals surface area contributed by atoms with Crippen molar-refractivity contribution < 1.29 is 4.74 Å². The van der Waals surface area contributed by atoms with Crippen LogP contribution in [0.1, 0.15) is 57.6 Å². The van der Waals surface area contributed by atoms with Crippen LogP contribution in [-0.2, 0) is 4.74 Å².